The number of aromatic nitrogens is 1. The van der Waals surface area contributed by atoms with E-state index in [1.165, 1.54) is 7.11 Å². The number of methoxy groups -OCH3 is 1. The number of aliphatic hydroxyl groups is 1. The largest absolute Gasteiger partial charge is 0.456 e. The number of hydrogen-bond acceptors (Lipinski definition) is 10. The molecule has 13 nitrogen and oxygen atoms in total. The molecule has 11 atom stereocenters. The summed E-state index contributed by atoms with van der Waals surface area (Å²) in [4.78, 5) is 47.6. The second-order valence-electron chi connectivity index (χ2n) is 16.9. The van der Waals surface area contributed by atoms with Crippen molar-refractivity contribution in [3.05, 3.63) is 47.8 Å². The zero-order valence-electron chi connectivity index (χ0n) is 33.0. The number of ether oxygens (including phenoxy) is 5. The number of quaternary nitrogens is 2. The highest BCUT2D eigenvalue weighted by atomic mass is 16.6. The Hall–Kier alpha value is -3.36. The Labute approximate surface area is 319 Å². The van der Waals surface area contributed by atoms with Crippen molar-refractivity contribution in [3.63, 3.8) is 0 Å². The summed E-state index contributed by atoms with van der Waals surface area (Å²) in [7, 11) is 1.50. The summed E-state index contributed by atoms with van der Waals surface area (Å²) in [6.07, 6.45) is 5.43. The van der Waals surface area contributed by atoms with Crippen LogP contribution in [0.5, 0.6) is 0 Å². The summed E-state index contributed by atoms with van der Waals surface area (Å²) in [5, 5.41) is 10.7. The van der Waals surface area contributed by atoms with Gasteiger partial charge >= 0.3 is 17.9 Å². The average Bonchev–Trinajstić information content (AvgIpc) is 3.80. The van der Waals surface area contributed by atoms with Crippen LogP contribution in [0.2, 0.25) is 0 Å². The molecule has 7 rings (SSSR count). The molecule has 4 bridgehead atoms. The summed E-state index contributed by atoms with van der Waals surface area (Å²) in [6.45, 7) is 21.2. The van der Waals surface area contributed by atoms with Gasteiger partial charge in [0.1, 0.15) is 69.4 Å². The Kier molecular flexibility index (Phi) is 12.2. The molecule has 0 unspecified atom stereocenters. The maximum Gasteiger partial charge on any atom is 0.362 e. The van der Waals surface area contributed by atoms with Crippen molar-refractivity contribution in [1.29, 1.82) is 0 Å². The first-order chi connectivity index (χ1) is 25.7. The molecule has 6 aliphatic rings. The van der Waals surface area contributed by atoms with Crippen LogP contribution in [-0.2, 0) is 33.3 Å². The Balaban J connectivity index is 1.20. The molecule has 1 spiro atoms. The van der Waals surface area contributed by atoms with E-state index in [9.17, 15) is 19.5 Å². The first-order valence-electron chi connectivity index (χ1n) is 19.9. The Morgan fingerprint density at radius 1 is 1.09 bits per heavy atom. The highest BCUT2D eigenvalue weighted by molar-refractivity contribution is 5.87. The van der Waals surface area contributed by atoms with Crippen molar-refractivity contribution >= 4 is 24.6 Å². The number of H-pyrrole nitrogens is 1. The van der Waals surface area contributed by atoms with E-state index in [4.69, 9.17) is 23.7 Å². The van der Waals surface area contributed by atoms with Crippen LogP contribution >= 0.6 is 0 Å². The van der Waals surface area contributed by atoms with Crippen LogP contribution in [-0.4, -0.2) is 152 Å². The number of aromatic amines is 1. The smallest absolute Gasteiger partial charge is 0.362 e. The molecular weight excluding hydrogens is 692 g/mol. The molecule has 0 saturated carbocycles. The first kappa shape index (κ1) is 40.3. The van der Waals surface area contributed by atoms with Gasteiger partial charge in [-0.25, -0.2) is 14.4 Å². The third kappa shape index (κ3) is 8.11. The van der Waals surface area contributed by atoms with E-state index in [0.29, 0.717) is 25.1 Å². The molecule has 13 heteroatoms. The fourth-order valence-corrected chi connectivity index (χ4v) is 9.82. The zero-order valence-corrected chi connectivity index (χ0v) is 33.0. The van der Waals surface area contributed by atoms with Crippen LogP contribution in [0.4, 0.5) is 0 Å². The number of piperazine rings is 3. The van der Waals surface area contributed by atoms with Gasteiger partial charge < -0.3 is 47.7 Å². The number of nitrogens with one attached hydrogen (secondary N) is 1. The molecule has 2 N–H and O–H groups in total. The molecule has 1 aromatic heterocycles. The van der Waals surface area contributed by atoms with Crippen LogP contribution in [0, 0.1) is 23.7 Å². The fourth-order valence-electron chi connectivity index (χ4n) is 9.82. The molecule has 5 aliphatic heterocycles. The van der Waals surface area contributed by atoms with E-state index in [1.54, 1.807) is 32.2 Å². The minimum atomic E-state index is -0.891. The van der Waals surface area contributed by atoms with E-state index >= 15 is 0 Å². The van der Waals surface area contributed by atoms with E-state index < -0.39 is 60.1 Å². The Morgan fingerprint density at radius 3 is 2.43 bits per heavy atom. The zero-order chi connectivity index (χ0) is 38.8. The molecule has 298 valence electrons. The lowest BCUT2D eigenvalue weighted by atomic mass is 9.69. The maximum atomic E-state index is 13.8. The summed E-state index contributed by atoms with van der Waals surface area (Å²) >= 11 is 0. The van der Waals surface area contributed by atoms with Gasteiger partial charge in [0.2, 0.25) is 0 Å². The van der Waals surface area contributed by atoms with Crippen LogP contribution in [0.3, 0.4) is 0 Å². The first-order valence-corrected chi connectivity index (χ1v) is 19.9. The van der Waals surface area contributed by atoms with Gasteiger partial charge in [-0.15, -0.1) is 0 Å². The lowest BCUT2D eigenvalue weighted by Gasteiger charge is -2.55. The van der Waals surface area contributed by atoms with Gasteiger partial charge in [-0.3, -0.25) is 0 Å². The van der Waals surface area contributed by atoms with Crippen LogP contribution in [0.15, 0.2) is 47.1 Å². The number of fused-ring (bicyclic) bond motifs is 4. The minimum absolute atomic E-state index is 0.112. The predicted octanol–water partition coefficient (Wildman–Crippen LogP) is 3.48. The number of hydrogen-bond donors (Lipinski definition) is 2. The van der Waals surface area contributed by atoms with E-state index in [0.717, 1.165) is 73.3 Å². The van der Waals surface area contributed by atoms with Gasteiger partial charge in [0.15, 0.2) is 12.6 Å². The number of aliphatic imine (C=N–C) groups is 1. The second kappa shape index (κ2) is 16.4. The number of cyclic esters (lactones) is 1. The van der Waals surface area contributed by atoms with Crippen molar-refractivity contribution in [2.75, 3.05) is 66.0 Å². The SMILES string of the molecule is C=NCCC[N+]12CC[N+](CC(=O)O[C@H](C)[C@H]3OC(=O)[C@@H](OC)C[C@H]4C=C[C@@H]5C[C@]4(O[C@H]5[C@H](OC(=O)c4ccc[nH]4)[C@H](C)[C@H](C)O)/C(C)=C/[C@H]3C)(CC1)CC2. The molecular formula is C41H62N4O9+2. The molecule has 54 heavy (non-hydrogen) atoms. The van der Waals surface area contributed by atoms with Crippen molar-refractivity contribution in [2.24, 2.45) is 28.7 Å². The van der Waals surface area contributed by atoms with Crippen molar-refractivity contribution in [1.82, 2.24) is 4.98 Å². The van der Waals surface area contributed by atoms with E-state index in [2.05, 4.69) is 34.9 Å². The molecule has 0 radical (unpaired) electrons. The number of carbonyl (C=O) groups excluding carboxylic acids is 3. The average molecular weight is 755 g/mol. The van der Waals surface area contributed by atoms with Crippen LogP contribution in [0.25, 0.3) is 0 Å². The lowest BCUT2D eigenvalue weighted by molar-refractivity contribution is -1.08. The summed E-state index contributed by atoms with van der Waals surface area (Å²) in [6, 6.07) is 3.39. The predicted molar refractivity (Wildman–Crippen MR) is 201 cm³/mol. The van der Waals surface area contributed by atoms with Gasteiger partial charge in [-0.05, 0) is 58.0 Å². The molecule has 4 saturated heterocycles. The second-order valence-corrected chi connectivity index (χ2v) is 16.9. The summed E-state index contributed by atoms with van der Waals surface area (Å²) in [5.74, 6) is -2.43. The third-order valence-electron chi connectivity index (χ3n) is 13.5. The van der Waals surface area contributed by atoms with Crippen molar-refractivity contribution in [2.45, 2.75) is 96.1 Å². The number of carbonyl (C=O) groups is 3. The normalized spacial score (nSPS) is 37.8. The lowest BCUT2D eigenvalue weighted by Crippen LogP contribution is -2.75. The molecule has 1 aliphatic carbocycles. The molecule has 6 heterocycles. The standard InChI is InChI=1S/C41H61N4O9/c1-26-22-27(2)41-24-31(38(54-41)37(28(3)29(4)46)53-39(48)33-10-8-14-43-33)11-12-32(41)23-34(50-7)40(49)52-36(26)30(5)51-35(47)25-45-19-16-44(17-20-45,18-21-45)15-9-13-42-6/h8,10-12,14,22,26,28-32,34,36-38,46H,6,9,13,15-21,23-25H2,1-5,7H3/q+1/p+1/b27-22+/t26-,28-,29+,30-,31-,32-,34+,36+,37-,38-,41+,44?,45?/m1/s1. The maximum absolute atomic E-state index is 13.8. The number of aliphatic hydroxyl groups excluding tert-OH is 1. The summed E-state index contributed by atoms with van der Waals surface area (Å²) < 4.78 is 33.1. The Morgan fingerprint density at radius 2 is 1.80 bits per heavy atom. The summed E-state index contributed by atoms with van der Waals surface area (Å²) in [5.41, 5.74) is 0.445. The van der Waals surface area contributed by atoms with Gasteiger partial charge in [0, 0.05) is 49.9 Å². The third-order valence-corrected chi connectivity index (χ3v) is 13.5. The monoisotopic (exact) mass is 754 g/mol. The highest BCUT2D eigenvalue weighted by Gasteiger charge is 2.58. The van der Waals surface area contributed by atoms with Crippen LogP contribution < -0.4 is 0 Å². The van der Waals surface area contributed by atoms with E-state index in [1.807, 2.05) is 20.8 Å². The van der Waals surface area contributed by atoms with Gasteiger partial charge in [0.05, 0.1) is 18.2 Å². The van der Waals surface area contributed by atoms with Crippen molar-refractivity contribution in [3.8, 4) is 0 Å². The minimum Gasteiger partial charge on any atom is -0.456 e. The molecule has 4 fully saturated rings. The number of rotatable bonds is 14. The van der Waals surface area contributed by atoms with Gasteiger partial charge in [-0.2, -0.15) is 0 Å². The highest BCUT2D eigenvalue weighted by Crippen LogP contribution is 2.53. The quantitative estimate of drug-likeness (QED) is 0.0729. The molecule has 0 amide bonds. The number of nitrogens with zero attached hydrogens (tertiary/aromatic N) is 3. The Bertz CT molecular complexity index is 1550. The van der Waals surface area contributed by atoms with Gasteiger partial charge in [0.25, 0.3) is 0 Å². The number of esters is 3. The van der Waals surface area contributed by atoms with Gasteiger partial charge in [-0.1, -0.05) is 32.1 Å². The van der Waals surface area contributed by atoms with E-state index in [-0.39, 0.29) is 23.7 Å². The topological polar surface area (TPSA) is 146 Å². The molecule has 1 aromatic rings. The molecule has 0 aromatic carbocycles. The fraction of sp³-hybridized carbons (Fsp3) is 0.707. The van der Waals surface area contributed by atoms with Crippen molar-refractivity contribution < 1.29 is 52.1 Å². The van der Waals surface area contributed by atoms with Crippen LogP contribution in [0.1, 0.15) is 64.4 Å².